The van der Waals surface area contributed by atoms with E-state index in [1.54, 1.807) is 6.07 Å². The average Bonchev–Trinajstić information content (AvgIpc) is 2.40. The molecule has 1 aromatic rings. The van der Waals surface area contributed by atoms with E-state index in [1.165, 1.54) is 6.07 Å². The zero-order valence-corrected chi connectivity index (χ0v) is 13.5. The molecular formula is C13H18ClF2IN2. The summed E-state index contributed by atoms with van der Waals surface area (Å²) in [5.74, 6) is -0.229. The number of nitrogens with zero attached hydrogens (tertiary/aromatic N) is 1. The summed E-state index contributed by atoms with van der Waals surface area (Å²) in [6.45, 7) is 3.04. The Labute approximate surface area is 132 Å². The van der Waals surface area contributed by atoms with Crippen molar-refractivity contribution in [3.63, 3.8) is 0 Å². The molecule has 1 atom stereocenters. The van der Waals surface area contributed by atoms with Crippen molar-refractivity contribution >= 4 is 35.0 Å². The Morgan fingerprint density at radius 2 is 2.00 bits per heavy atom. The number of halogens is 4. The van der Waals surface area contributed by atoms with Crippen molar-refractivity contribution in [2.24, 2.45) is 0 Å². The van der Waals surface area contributed by atoms with Crippen molar-refractivity contribution in [1.29, 1.82) is 0 Å². The molecule has 1 aromatic carbocycles. The van der Waals surface area contributed by atoms with Crippen LogP contribution in [0, 0.1) is 9.39 Å². The van der Waals surface area contributed by atoms with E-state index in [0.29, 0.717) is 12.0 Å². The number of nitrogens with one attached hydrogen (secondary N) is 1. The van der Waals surface area contributed by atoms with Crippen LogP contribution < -0.4 is 5.32 Å². The van der Waals surface area contributed by atoms with E-state index in [-0.39, 0.29) is 24.3 Å². The fraction of sp³-hybridized carbons (Fsp3) is 0.538. The topological polar surface area (TPSA) is 15.3 Å². The number of piperazine rings is 1. The summed E-state index contributed by atoms with van der Waals surface area (Å²) in [5.41, 5.74) is 0.626. The van der Waals surface area contributed by atoms with Crippen LogP contribution in [0.3, 0.4) is 0 Å². The van der Waals surface area contributed by atoms with Gasteiger partial charge in [0, 0.05) is 41.4 Å². The Morgan fingerprint density at radius 3 is 2.63 bits per heavy atom. The lowest BCUT2D eigenvalue weighted by Crippen LogP contribution is -2.45. The first-order chi connectivity index (χ1) is 8.72. The Balaban J connectivity index is 0.00000180. The second-order valence-electron chi connectivity index (χ2n) is 4.45. The molecule has 1 aliphatic heterocycles. The Kier molecular flexibility index (Phi) is 7.49. The normalized spacial score (nSPS) is 17.8. The second kappa shape index (κ2) is 8.34. The van der Waals surface area contributed by atoms with Gasteiger partial charge in [-0.1, -0.05) is 0 Å². The molecule has 108 valence electrons. The molecule has 0 unspecified atom stereocenters. The van der Waals surface area contributed by atoms with E-state index in [9.17, 15) is 8.78 Å². The predicted octanol–water partition coefficient (Wildman–Crippen LogP) is 3.16. The SMILES string of the molecule is Cl.FCC[C@@H](c1cc(I)ccc1F)N1CCNCC1. The highest BCUT2D eigenvalue weighted by molar-refractivity contribution is 14.1. The second-order valence-corrected chi connectivity index (χ2v) is 5.69. The maximum atomic E-state index is 13.9. The van der Waals surface area contributed by atoms with Crippen LogP contribution in [0.2, 0.25) is 0 Å². The number of hydrogen-bond acceptors (Lipinski definition) is 2. The van der Waals surface area contributed by atoms with Gasteiger partial charge >= 0.3 is 0 Å². The van der Waals surface area contributed by atoms with Gasteiger partial charge in [0.25, 0.3) is 0 Å². The summed E-state index contributed by atoms with van der Waals surface area (Å²) < 4.78 is 27.7. The molecule has 0 amide bonds. The molecule has 1 aliphatic rings. The zero-order chi connectivity index (χ0) is 13.0. The molecule has 0 aliphatic carbocycles. The molecule has 1 N–H and O–H groups in total. The third-order valence-electron chi connectivity index (χ3n) is 3.29. The Morgan fingerprint density at radius 1 is 1.32 bits per heavy atom. The van der Waals surface area contributed by atoms with Crippen molar-refractivity contribution in [2.75, 3.05) is 32.9 Å². The van der Waals surface area contributed by atoms with Gasteiger partial charge in [-0.25, -0.2) is 4.39 Å². The van der Waals surface area contributed by atoms with E-state index in [1.807, 2.05) is 6.07 Å². The van der Waals surface area contributed by atoms with Gasteiger partial charge in [-0.3, -0.25) is 9.29 Å². The lowest BCUT2D eigenvalue weighted by atomic mass is 10.0. The third kappa shape index (κ3) is 4.51. The van der Waals surface area contributed by atoms with E-state index >= 15 is 0 Å². The van der Waals surface area contributed by atoms with Crippen LogP contribution in [-0.2, 0) is 0 Å². The quantitative estimate of drug-likeness (QED) is 0.779. The molecule has 0 bridgehead atoms. The van der Waals surface area contributed by atoms with E-state index < -0.39 is 6.67 Å². The van der Waals surface area contributed by atoms with Gasteiger partial charge in [0.05, 0.1) is 6.67 Å². The van der Waals surface area contributed by atoms with Crippen LogP contribution >= 0.6 is 35.0 Å². The average molecular weight is 403 g/mol. The summed E-state index contributed by atoms with van der Waals surface area (Å²) in [6.07, 6.45) is 0.358. The maximum Gasteiger partial charge on any atom is 0.128 e. The molecule has 2 rings (SSSR count). The van der Waals surface area contributed by atoms with Gasteiger partial charge in [-0.15, -0.1) is 12.4 Å². The lowest BCUT2D eigenvalue weighted by molar-refractivity contribution is 0.154. The fourth-order valence-electron chi connectivity index (χ4n) is 2.40. The summed E-state index contributed by atoms with van der Waals surface area (Å²) in [4.78, 5) is 2.17. The van der Waals surface area contributed by atoms with E-state index in [2.05, 4.69) is 32.8 Å². The number of hydrogen-bond donors (Lipinski definition) is 1. The molecule has 2 nitrogen and oxygen atoms in total. The van der Waals surface area contributed by atoms with Crippen molar-refractivity contribution in [2.45, 2.75) is 12.5 Å². The number of rotatable bonds is 4. The molecule has 1 fully saturated rings. The summed E-state index contributed by atoms with van der Waals surface area (Å²) in [6, 6.07) is 4.90. The highest BCUT2D eigenvalue weighted by atomic mass is 127. The van der Waals surface area contributed by atoms with Crippen LogP contribution in [0.4, 0.5) is 8.78 Å². The largest absolute Gasteiger partial charge is 0.314 e. The summed E-state index contributed by atoms with van der Waals surface area (Å²) in [5, 5.41) is 3.26. The van der Waals surface area contributed by atoms with Crippen LogP contribution in [0.1, 0.15) is 18.0 Å². The molecule has 1 saturated heterocycles. The lowest BCUT2D eigenvalue weighted by Gasteiger charge is -2.35. The molecule has 19 heavy (non-hydrogen) atoms. The zero-order valence-electron chi connectivity index (χ0n) is 10.5. The smallest absolute Gasteiger partial charge is 0.128 e. The standard InChI is InChI=1S/C13H17F2IN2.ClH/c14-4-3-13(18-7-5-17-6-8-18)11-9-10(16)1-2-12(11)15;/h1-2,9,13,17H,3-8H2;1H/t13-;/m0./s1. The molecule has 0 saturated carbocycles. The predicted molar refractivity (Wildman–Crippen MR) is 84.1 cm³/mol. The molecule has 6 heteroatoms. The van der Waals surface area contributed by atoms with Crippen LogP contribution in [0.25, 0.3) is 0 Å². The van der Waals surface area contributed by atoms with E-state index in [4.69, 9.17) is 0 Å². The Hall–Kier alpha value is 0.0200. The van der Waals surface area contributed by atoms with Gasteiger partial charge in [-0.05, 0) is 47.2 Å². The maximum absolute atomic E-state index is 13.9. The van der Waals surface area contributed by atoms with Gasteiger partial charge < -0.3 is 5.32 Å². The van der Waals surface area contributed by atoms with Crippen molar-refractivity contribution in [3.8, 4) is 0 Å². The highest BCUT2D eigenvalue weighted by Crippen LogP contribution is 2.28. The van der Waals surface area contributed by atoms with Crippen LogP contribution in [-0.4, -0.2) is 37.8 Å². The molecular weight excluding hydrogens is 385 g/mol. The third-order valence-corrected chi connectivity index (χ3v) is 3.96. The van der Waals surface area contributed by atoms with Gasteiger partial charge in [-0.2, -0.15) is 0 Å². The molecule has 0 radical (unpaired) electrons. The minimum absolute atomic E-state index is 0. The minimum atomic E-state index is -0.417. The monoisotopic (exact) mass is 402 g/mol. The van der Waals surface area contributed by atoms with Gasteiger partial charge in [0.15, 0.2) is 0 Å². The minimum Gasteiger partial charge on any atom is -0.314 e. The van der Waals surface area contributed by atoms with Crippen LogP contribution in [0.5, 0.6) is 0 Å². The Bertz CT molecular complexity index is 400. The van der Waals surface area contributed by atoms with Crippen molar-refractivity contribution in [1.82, 2.24) is 10.2 Å². The fourth-order valence-corrected chi connectivity index (χ4v) is 2.92. The number of alkyl halides is 1. The summed E-state index contributed by atoms with van der Waals surface area (Å²) >= 11 is 2.16. The highest BCUT2D eigenvalue weighted by Gasteiger charge is 2.24. The summed E-state index contributed by atoms with van der Waals surface area (Å²) in [7, 11) is 0. The van der Waals surface area contributed by atoms with Gasteiger partial charge in [0.2, 0.25) is 0 Å². The van der Waals surface area contributed by atoms with E-state index in [0.717, 1.165) is 29.7 Å². The molecule has 1 heterocycles. The molecule has 0 aromatic heterocycles. The first kappa shape index (κ1) is 17.1. The number of benzene rings is 1. The van der Waals surface area contributed by atoms with Crippen LogP contribution in [0.15, 0.2) is 18.2 Å². The first-order valence-electron chi connectivity index (χ1n) is 6.18. The first-order valence-corrected chi connectivity index (χ1v) is 7.26. The van der Waals surface area contributed by atoms with Crippen molar-refractivity contribution < 1.29 is 8.78 Å². The molecule has 0 spiro atoms. The van der Waals surface area contributed by atoms with Crippen molar-refractivity contribution in [3.05, 3.63) is 33.1 Å². The van der Waals surface area contributed by atoms with Gasteiger partial charge in [0.1, 0.15) is 5.82 Å².